The second-order valence-electron chi connectivity index (χ2n) is 7.97. The van der Waals surface area contributed by atoms with Gasteiger partial charge in [-0.2, -0.15) is 8.42 Å². The number of amides is 1. The van der Waals surface area contributed by atoms with E-state index in [4.69, 9.17) is 13.7 Å². The number of nitrogens with one attached hydrogen (secondary N) is 1. The van der Waals surface area contributed by atoms with Crippen LogP contribution in [0.15, 0.2) is 24.3 Å². The molecule has 1 amide bonds. The fraction of sp³-hybridized carbons (Fsp3) is 0.556. The summed E-state index contributed by atoms with van der Waals surface area (Å²) in [5.41, 5.74) is -1.11. The second-order valence-corrected chi connectivity index (χ2v) is 9.54. The highest BCUT2D eigenvalue weighted by Crippen LogP contribution is 2.23. The molecule has 0 saturated heterocycles. The largest absolute Gasteiger partial charge is 0.458 e. The topological polar surface area (TPSA) is 108 Å². The maximum atomic E-state index is 12.6. The van der Waals surface area contributed by atoms with Crippen LogP contribution >= 0.6 is 0 Å². The van der Waals surface area contributed by atoms with Crippen LogP contribution in [0.5, 0.6) is 5.75 Å². The number of esters is 1. The third-order valence-electron chi connectivity index (χ3n) is 2.76. The first-order valence-electron chi connectivity index (χ1n) is 8.27. The van der Waals surface area contributed by atoms with Crippen molar-refractivity contribution in [2.45, 2.75) is 58.8 Å². The number of hydrogen-bond donors (Lipinski definition) is 1. The Hall–Kier alpha value is -2.29. The molecule has 9 heteroatoms. The molecule has 0 fully saturated rings. The van der Waals surface area contributed by atoms with Gasteiger partial charge in [0.1, 0.15) is 17.0 Å². The predicted molar refractivity (Wildman–Crippen MR) is 99.9 cm³/mol. The van der Waals surface area contributed by atoms with Crippen molar-refractivity contribution in [3.63, 3.8) is 0 Å². The zero-order valence-corrected chi connectivity index (χ0v) is 17.5. The zero-order chi connectivity index (χ0) is 21.0. The average molecular weight is 401 g/mol. The molecular weight excluding hydrogens is 374 g/mol. The number of benzene rings is 1. The summed E-state index contributed by atoms with van der Waals surface area (Å²) in [5.74, 6) is -0.591. The van der Waals surface area contributed by atoms with E-state index in [1.54, 1.807) is 41.5 Å². The van der Waals surface area contributed by atoms with Gasteiger partial charge in [-0.15, -0.1) is 0 Å². The van der Waals surface area contributed by atoms with E-state index in [1.807, 2.05) is 0 Å². The van der Waals surface area contributed by atoms with Crippen LogP contribution in [0.25, 0.3) is 0 Å². The van der Waals surface area contributed by atoms with E-state index in [1.165, 1.54) is 24.3 Å². The molecule has 0 spiro atoms. The molecule has 0 radical (unpaired) electrons. The van der Waals surface area contributed by atoms with Crippen molar-refractivity contribution in [1.29, 1.82) is 0 Å². The zero-order valence-electron chi connectivity index (χ0n) is 16.7. The first kappa shape index (κ1) is 22.8. The van der Waals surface area contributed by atoms with E-state index in [-0.39, 0.29) is 5.75 Å². The Morgan fingerprint density at radius 1 is 0.926 bits per heavy atom. The van der Waals surface area contributed by atoms with Crippen LogP contribution in [0, 0.1) is 0 Å². The summed E-state index contributed by atoms with van der Waals surface area (Å²) in [6.45, 7) is 10.2. The van der Waals surface area contributed by atoms with Gasteiger partial charge in [0.15, 0.2) is 6.04 Å². The Morgan fingerprint density at radius 3 is 1.81 bits per heavy atom. The number of carbonyl (C=O) groups is 2. The van der Waals surface area contributed by atoms with Crippen molar-refractivity contribution in [3.8, 4) is 5.75 Å². The SMILES string of the molecule is CC(C)(C)OC(=O)NC(C(=O)OC(C)(C)C)c1ccc(OS(C)(=O)=O)cc1. The molecule has 1 aromatic carbocycles. The summed E-state index contributed by atoms with van der Waals surface area (Å²) in [7, 11) is -3.67. The van der Waals surface area contributed by atoms with Gasteiger partial charge in [-0.05, 0) is 59.2 Å². The van der Waals surface area contributed by atoms with Gasteiger partial charge in [0.05, 0.1) is 6.26 Å². The van der Waals surface area contributed by atoms with Gasteiger partial charge in [0.25, 0.3) is 0 Å². The Labute approximate surface area is 160 Å². The summed E-state index contributed by atoms with van der Waals surface area (Å²) in [4.78, 5) is 24.7. The maximum Gasteiger partial charge on any atom is 0.408 e. The minimum atomic E-state index is -3.67. The van der Waals surface area contributed by atoms with Gasteiger partial charge in [-0.1, -0.05) is 12.1 Å². The molecule has 0 aliphatic carbocycles. The van der Waals surface area contributed by atoms with Crippen molar-refractivity contribution < 1.29 is 31.7 Å². The van der Waals surface area contributed by atoms with Crippen LogP contribution in [0.3, 0.4) is 0 Å². The van der Waals surface area contributed by atoms with E-state index < -0.39 is 39.4 Å². The van der Waals surface area contributed by atoms with Gasteiger partial charge in [0.2, 0.25) is 0 Å². The van der Waals surface area contributed by atoms with E-state index in [0.717, 1.165) is 6.26 Å². The quantitative estimate of drug-likeness (QED) is 0.597. The lowest BCUT2D eigenvalue weighted by molar-refractivity contribution is -0.157. The third-order valence-corrected chi connectivity index (χ3v) is 3.26. The molecule has 0 saturated carbocycles. The Morgan fingerprint density at radius 2 is 1.41 bits per heavy atom. The normalized spacial score (nSPS) is 13.4. The van der Waals surface area contributed by atoms with Crippen LogP contribution in [0.4, 0.5) is 4.79 Å². The number of alkyl carbamates (subject to hydrolysis) is 1. The Balaban J connectivity index is 3.09. The molecule has 0 aromatic heterocycles. The second kappa shape index (κ2) is 8.16. The van der Waals surface area contributed by atoms with E-state index >= 15 is 0 Å². The highest BCUT2D eigenvalue weighted by molar-refractivity contribution is 7.86. The lowest BCUT2D eigenvalue weighted by Crippen LogP contribution is -2.40. The van der Waals surface area contributed by atoms with Crippen LogP contribution in [0.1, 0.15) is 53.1 Å². The van der Waals surface area contributed by atoms with Crippen LogP contribution in [-0.2, 0) is 24.4 Å². The van der Waals surface area contributed by atoms with E-state index in [0.29, 0.717) is 5.56 Å². The lowest BCUT2D eigenvalue weighted by atomic mass is 10.1. The molecule has 0 aliphatic heterocycles. The van der Waals surface area contributed by atoms with E-state index in [2.05, 4.69) is 5.32 Å². The van der Waals surface area contributed by atoms with Crippen LogP contribution < -0.4 is 9.50 Å². The minimum absolute atomic E-state index is 0.0847. The Kier molecular flexibility index (Phi) is 6.88. The van der Waals surface area contributed by atoms with Gasteiger partial charge < -0.3 is 19.0 Å². The number of hydrogen-bond acceptors (Lipinski definition) is 7. The molecule has 27 heavy (non-hydrogen) atoms. The fourth-order valence-corrected chi connectivity index (χ4v) is 2.42. The fourth-order valence-electron chi connectivity index (χ4n) is 1.96. The van der Waals surface area contributed by atoms with Crippen molar-refractivity contribution in [3.05, 3.63) is 29.8 Å². The Bertz CT molecular complexity index is 771. The average Bonchev–Trinajstić information content (AvgIpc) is 2.40. The maximum absolute atomic E-state index is 12.6. The summed E-state index contributed by atoms with van der Waals surface area (Å²) >= 11 is 0. The summed E-state index contributed by atoms with van der Waals surface area (Å²) in [6, 6.07) is 4.56. The highest BCUT2D eigenvalue weighted by atomic mass is 32.2. The van der Waals surface area contributed by atoms with Crippen LogP contribution in [-0.4, -0.2) is 37.9 Å². The highest BCUT2D eigenvalue weighted by Gasteiger charge is 2.30. The van der Waals surface area contributed by atoms with Crippen molar-refractivity contribution >= 4 is 22.2 Å². The number of carbonyl (C=O) groups excluding carboxylic acids is 2. The molecule has 8 nitrogen and oxygen atoms in total. The smallest absolute Gasteiger partial charge is 0.408 e. The number of ether oxygens (including phenoxy) is 2. The summed E-state index contributed by atoms with van der Waals surface area (Å²) in [6.07, 6.45) is 0.142. The van der Waals surface area contributed by atoms with Crippen molar-refractivity contribution in [1.82, 2.24) is 5.32 Å². The summed E-state index contributed by atoms with van der Waals surface area (Å²) < 4.78 is 37.7. The third kappa shape index (κ3) is 9.28. The first-order valence-corrected chi connectivity index (χ1v) is 10.1. The minimum Gasteiger partial charge on any atom is -0.458 e. The number of rotatable bonds is 5. The van der Waals surface area contributed by atoms with Gasteiger partial charge in [-0.25, -0.2) is 9.59 Å². The standard InChI is InChI=1S/C18H27NO7S/c1-17(2,3)24-15(20)14(19-16(21)25-18(4,5)6)12-8-10-13(11-9-12)26-27(7,22)23/h8-11,14H,1-7H3,(H,19,21). The summed E-state index contributed by atoms with van der Waals surface area (Å²) in [5, 5.41) is 2.49. The van der Waals surface area contributed by atoms with Crippen LogP contribution in [0.2, 0.25) is 0 Å². The lowest BCUT2D eigenvalue weighted by Gasteiger charge is -2.26. The first-order chi connectivity index (χ1) is 12.1. The predicted octanol–water partition coefficient (Wildman–Crippen LogP) is 2.93. The molecule has 1 atom stereocenters. The van der Waals surface area contributed by atoms with Gasteiger partial charge in [0, 0.05) is 0 Å². The molecule has 1 aromatic rings. The molecule has 1 unspecified atom stereocenters. The van der Waals surface area contributed by atoms with E-state index in [9.17, 15) is 18.0 Å². The van der Waals surface area contributed by atoms with Gasteiger partial charge >= 0.3 is 22.2 Å². The molecular formula is C18H27NO7S. The molecule has 1 rings (SSSR count). The monoisotopic (exact) mass is 401 g/mol. The molecule has 0 heterocycles. The molecule has 1 N–H and O–H groups in total. The van der Waals surface area contributed by atoms with Gasteiger partial charge in [-0.3, -0.25) is 0 Å². The van der Waals surface area contributed by atoms with Crippen molar-refractivity contribution in [2.75, 3.05) is 6.26 Å². The molecule has 0 aliphatic rings. The molecule has 152 valence electrons. The van der Waals surface area contributed by atoms with Crippen molar-refractivity contribution in [2.24, 2.45) is 0 Å². The molecule has 0 bridgehead atoms.